The highest BCUT2D eigenvalue weighted by Gasteiger charge is 2.50. The first-order valence-corrected chi connectivity index (χ1v) is 7.16. The van der Waals surface area contributed by atoms with Gasteiger partial charge in [0.2, 0.25) is 5.91 Å². The van der Waals surface area contributed by atoms with Crippen molar-refractivity contribution in [1.29, 1.82) is 0 Å². The Bertz CT molecular complexity index is 582. The minimum Gasteiger partial charge on any atom is -0.486 e. The number of ether oxygens (including phenoxy) is 2. The summed E-state index contributed by atoms with van der Waals surface area (Å²) in [6.45, 7) is 0.219. The second-order valence-electron chi connectivity index (χ2n) is 5.39. The van der Waals surface area contributed by atoms with Crippen molar-refractivity contribution in [3.63, 3.8) is 0 Å². The Hall–Kier alpha value is -2.00. The fraction of sp³-hybridized carbons (Fsp3) is 0.500. The van der Waals surface area contributed by atoms with Gasteiger partial charge in [-0.1, -0.05) is 12.1 Å². The molecule has 0 aliphatic carbocycles. The maximum Gasteiger partial charge on any atom is 0.405 e. The minimum absolute atomic E-state index is 0.0776. The van der Waals surface area contributed by atoms with E-state index in [1.165, 1.54) is 0 Å². The van der Waals surface area contributed by atoms with E-state index >= 15 is 0 Å². The van der Waals surface area contributed by atoms with E-state index in [4.69, 9.17) is 9.47 Å². The van der Waals surface area contributed by atoms with Crippen LogP contribution in [-0.2, 0) is 4.79 Å². The van der Waals surface area contributed by atoms with Crippen LogP contribution in [0.2, 0.25) is 0 Å². The average Bonchev–Trinajstić information content (AvgIpc) is 3.02. The topological polar surface area (TPSA) is 71.6 Å². The van der Waals surface area contributed by atoms with Crippen molar-refractivity contribution in [3.8, 4) is 11.5 Å². The summed E-state index contributed by atoms with van der Waals surface area (Å²) >= 11 is 0. The first-order valence-electron chi connectivity index (χ1n) is 7.16. The van der Waals surface area contributed by atoms with Crippen LogP contribution in [0, 0.1) is 5.92 Å². The maximum absolute atomic E-state index is 12.8. The molecule has 0 radical (unpaired) electrons. The molecule has 0 aromatic heterocycles. The smallest absolute Gasteiger partial charge is 0.405 e. The number of nitrogens with one attached hydrogen (secondary N) is 3. The van der Waals surface area contributed by atoms with Gasteiger partial charge in [-0.2, -0.15) is 13.2 Å². The van der Waals surface area contributed by atoms with Crippen LogP contribution in [0.1, 0.15) is 0 Å². The predicted octanol–water partition coefficient (Wildman–Crippen LogP) is 0.597. The molecule has 0 bridgehead atoms. The van der Waals surface area contributed by atoms with Crippen LogP contribution in [-0.4, -0.2) is 43.9 Å². The van der Waals surface area contributed by atoms with E-state index in [1.54, 1.807) is 18.2 Å². The van der Waals surface area contributed by atoms with E-state index in [0.29, 0.717) is 11.5 Å². The molecular weight excluding hydrogens is 315 g/mol. The van der Waals surface area contributed by atoms with Gasteiger partial charge in [-0.25, -0.2) is 5.43 Å². The normalized spacial score (nSPS) is 26.8. The average molecular weight is 331 g/mol. The van der Waals surface area contributed by atoms with Gasteiger partial charge < -0.3 is 14.8 Å². The number of amides is 1. The Labute approximate surface area is 130 Å². The third-order valence-corrected chi connectivity index (χ3v) is 3.74. The fourth-order valence-corrected chi connectivity index (χ4v) is 2.56. The number of carbonyl (C=O) groups excluding carboxylic acids is 1. The molecule has 1 saturated heterocycles. The fourth-order valence-electron chi connectivity index (χ4n) is 2.56. The zero-order chi connectivity index (χ0) is 16.4. The van der Waals surface area contributed by atoms with Crippen LogP contribution in [0.15, 0.2) is 24.3 Å². The number of hydrogen-bond acceptors (Lipinski definition) is 5. The monoisotopic (exact) mass is 331 g/mol. The molecule has 2 aliphatic heterocycles. The molecule has 1 fully saturated rings. The zero-order valence-corrected chi connectivity index (χ0v) is 12.0. The quantitative estimate of drug-likeness (QED) is 0.757. The number of carbonyl (C=O) groups is 1. The van der Waals surface area contributed by atoms with Gasteiger partial charge in [0, 0.05) is 6.54 Å². The highest BCUT2D eigenvalue weighted by molar-refractivity contribution is 5.80. The molecule has 6 nitrogen and oxygen atoms in total. The molecule has 1 aromatic rings. The Morgan fingerprint density at radius 1 is 1.30 bits per heavy atom. The Balaban J connectivity index is 1.54. The van der Waals surface area contributed by atoms with Crippen LogP contribution in [0.25, 0.3) is 0 Å². The molecule has 9 heteroatoms. The van der Waals surface area contributed by atoms with E-state index < -0.39 is 30.1 Å². The molecule has 0 spiro atoms. The molecule has 23 heavy (non-hydrogen) atoms. The van der Waals surface area contributed by atoms with Gasteiger partial charge in [0.25, 0.3) is 0 Å². The number of hydrazine groups is 1. The molecule has 0 saturated carbocycles. The minimum atomic E-state index is -4.49. The highest BCUT2D eigenvalue weighted by Crippen LogP contribution is 2.31. The lowest BCUT2D eigenvalue weighted by atomic mass is 10.0. The number of benzene rings is 1. The summed E-state index contributed by atoms with van der Waals surface area (Å²) in [5.41, 5.74) is 4.46. The van der Waals surface area contributed by atoms with Crippen molar-refractivity contribution in [2.75, 3.05) is 19.7 Å². The van der Waals surface area contributed by atoms with E-state index in [-0.39, 0.29) is 19.7 Å². The first-order chi connectivity index (χ1) is 10.9. The van der Waals surface area contributed by atoms with Crippen molar-refractivity contribution >= 4 is 5.91 Å². The van der Waals surface area contributed by atoms with Crippen molar-refractivity contribution in [2.45, 2.75) is 18.3 Å². The van der Waals surface area contributed by atoms with Gasteiger partial charge >= 0.3 is 6.18 Å². The van der Waals surface area contributed by atoms with Crippen LogP contribution in [0.3, 0.4) is 0 Å². The van der Waals surface area contributed by atoms with Crippen molar-refractivity contribution in [1.82, 2.24) is 16.2 Å². The molecule has 3 N–H and O–H groups in total. The van der Waals surface area contributed by atoms with Gasteiger partial charge in [-0.15, -0.1) is 0 Å². The third kappa shape index (κ3) is 3.50. The van der Waals surface area contributed by atoms with E-state index in [2.05, 4.69) is 16.2 Å². The molecule has 3 unspecified atom stereocenters. The van der Waals surface area contributed by atoms with Crippen LogP contribution in [0.5, 0.6) is 11.5 Å². The standard InChI is InChI=1S/C14H16F3N3O3/c15-14(16,17)12-9(6-19-20-12)13(21)18-5-8-7-22-10-3-1-2-4-11(10)23-8/h1-4,8-9,12,19-20H,5-7H2,(H,18,21). The molecule has 2 heterocycles. The van der Waals surface area contributed by atoms with Crippen molar-refractivity contribution < 1.29 is 27.4 Å². The van der Waals surface area contributed by atoms with E-state index in [0.717, 1.165) is 0 Å². The van der Waals surface area contributed by atoms with Gasteiger partial charge in [0.15, 0.2) is 11.5 Å². The second kappa shape index (κ2) is 6.25. The Morgan fingerprint density at radius 2 is 2.04 bits per heavy atom. The summed E-state index contributed by atoms with van der Waals surface area (Å²) in [5.74, 6) is -0.731. The van der Waals surface area contributed by atoms with E-state index in [9.17, 15) is 18.0 Å². The molecule has 3 rings (SSSR count). The first kappa shape index (κ1) is 15.9. The SMILES string of the molecule is O=C(NCC1COc2ccccc2O1)C1CNNC1C(F)(F)F. The Morgan fingerprint density at radius 3 is 2.78 bits per heavy atom. The predicted molar refractivity (Wildman–Crippen MR) is 73.8 cm³/mol. The third-order valence-electron chi connectivity index (χ3n) is 3.74. The van der Waals surface area contributed by atoms with Crippen LogP contribution >= 0.6 is 0 Å². The van der Waals surface area contributed by atoms with Gasteiger partial charge in [-0.05, 0) is 12.1 Å². The molecule has 126 valence electrons. The highest BCUT2D eigenvalue weighted by atomic mass is 19.4. The maximum atomic E-state index is 12.8. The molecule has 1 aromatic carbocycles. The summed E-state index contributed by atoms with van der Waals surface area (Å²) in [4.78, 5) is 12.0. The number of para-hydroxylation sites is 2. The lowest BCUT2D eigenvalue weighted by Gasteiger charge is -2.27. The lowest BCUT2D eigenvalue weighted by Crippen LogP contribution is -2.50. The molecule has 3 atom stereocenters. The summed E-state index contributed by atoms with van der Waals surface area (Å²) < 4.78 is 49.5. The summed E-state index contributed by atoms with van der Waals surface area (Å²) in [6, 6.07) is 5.18. The van der Waals surface area contributed by atoms with Crippen LogP contribution in [0.4, 0.5) is 13.2 Å². The second-order valence-corrected chi connectivity index (χ2v) is 5.39. The van der Waals surface area contributed by atoms with Gasteiger partial charge in [-0.3, -0.25) is 10.2 Å². The number of hydrogen-bond donors (Lipinski definition) is 3. The van der Waals surface area contributed by atoms with Gasteiger partial charge in [0.05, 0.1) is 12.5 Å². The summed E-state index contributed by atoms with van der Waals surface area (Å²) in [7, 11) is 0. The van der Waals surface area contributed by atoms with Gasteiger partial charge in [0.1, 0.15) is 18.8 Å². The van der Waals surface area contributed by atoms with E-state index in [1.807, 2.05) is 6.07 Å². The molecular formula is C14H16F3N3O3. The summed E-state index contributed by atoms with van der Waals surface area (Å²) in [5, 5.41) is 2.50. The van der Waals surface area contributed by atoms with Crippen molar-refractivity contribution in [2.24, 2.45) is 5.92 Å². The Kier molecular flexibility index (Phi) is 4.31. The largest absolute Gasteiger partial charge is 0.486 e. The van der Waals surface area contributed by atoms with Crippen LogP contribution < -0.4 is 25.6 Å². The number of rotatable bonds is 3. The number of fused-ring (bicyclic) bond motifs is 1. The molecule has 1 amide bonds. The lowest BCUT2D eigenvalue weighted by molar-refractivity contribution is -0.166. The van der Waals surface area contributed by atoms with Crippen molar-refractivity contribution in [3.05, 3.63) is 24.3 Å². The number of halogens is 3. The number of alkyl halides is 3. The summed E-state index contributed by atoms with van der Waals surface area (Å²) in [6.07, 6.45) is -4.94. The zero-order valence-electron chi connectivity index (χ0n) is 12.0. The molecule has 2 aliphatic rings.